The van der Waals surface area contributed by atoms with Crippen LogP contribution in [0.3, 0.4) is 0 Å². The van der Waals surface area contributed by atoms with E-state index in [0.29, 0.717) is 6.04 Å². The average Bonchev–Trinajstić information content (AvgIpc) is 3.11. The van der Waals surface area contributed by atoms with Crippen LogP contribution >= 0.6 is 35.7 Å². The summed E-state index contributed by atoms with van der Waals surface area (Å²) in [7, 11) is 0. The van der Waals surface area contributed by atoms with Gasteiger partial charge in [-0.15, -0.1) is 24.0 Å². The van der Waals surface area contributed by atoms with E-state index in [1.54, 1.807) is 0 Å². The van der Waals surface area contributed by atoms with Gasteiger partial charge in [0.15, 0.2) is 5.96 Å². The van der Waals surface area contributed by atoms with Gasteiger partial charge in [-0.25, -0.2) is 0 Å². The molecule has 0 aliphatic carbocycles. The highest BCUT2D eigenvalue weighted by Crippen LogP contribution is 2.25. The van der Waals surface area contributed by atoms with Crippen molar-refractivity contribution in [1.82, 2.24) is 15.1 Å². The van der Waals surface area contributed by atoms with Gasteiger partial charge in [-0.2, -0.15) is 11.8 Å². The fraction of sp³-hybridized carbons (Fsp3) is 0.667. The molecule has 2 aliphatic heterocycles. The molecule has 0 spiro atoms. The lowest BCUT2D eigenvalue weighted by atomic mass is 10.1. The molecule has 158 valence electrons. The van der Waals surface area contributed by atoms with Gasteiger partial charge in [-0.3, -0.25) is 9.89 Å². The number of hydrogen-bond donors (Lipinski definition) is 1. The molecule has 1 aromatic rings. The number of aliphatic imine (C=N–C) groups is 1. The van der Waals surface area contributed by atoms with E-state index >= 15 is 0 Å². The van der Waals surface area contributed by atoms with E-state index in [9.17, 15) is 0 Å². The van der Waals surface area contributed by atoms with Crippen molar-refractivity contribution in [3.63, 3.8) is 0 Å². The molecule has 3 rings (SSSR count). The molecule has 1 aromatic carbocycles. The van der Waals surface area contributed by atoms with Crippen molar-refractivity contribution in [2.75, 3.05) is 45.6 Å². The Kier molecular flexibility index (Phi) is 9.37. The predicted molar refractivity (Wildman–Crippen MR) is 131 cm³/mol. The first-order valence-electron chi connectivity index (χ1n) is 10.0. The standard InChI is InChI=1S/C21H34N4OS.HI/c1-5-22-20(23-16-21(2,3)27-4)25-14-18-19(15-25)26-12-11-24(18)13-17-9-7-6-8-10-17;/h6-10,18-19H,5,11-16H2,1-4H3,(H,22,23);1H. The Balaban J connectivity index is 0.00000280. The van der Waals surface area contributed by atoms with Crippen molar-refractivity contribution in [3.8, 4) is 0 Å². The molecular formula is C21H35IN4OS. The van der Waals surface area contributed by atoms with E-state index in [-0.39, 0.29) is 34.8 Å². The van der Waals surface area contributed by atoms with Crippen molar-refractivity contribution in [2.24, 2.45) is 4.99 Å². The summed E-state index contributed by atoms with van der Waals surface area (Å²) in [5.41, 5.74) is 1.37. The molecule has 2 heterocycles. The van der Waals surface area contributed by atoms with Crippen LogP contribution in [0.1, 0.15) is 26.3 Å². The van der Waals surface area contributed by atoms with E-state index in [0.717, 1.165) is 51.8 Å². The minimum absolute atomic E-state index is 0. The summed E-state index contributed by atoms with van der Waals surface area (Å²) in [4.78, 5) is 9.91. The van der Waals surface area contributed by atoms with E-state index < -0.39 is 0 Å². The minimum Gasteiger partial charge on any atom is -0.373 e. The number of benzene rings is 1. The summed E-state index contributed by atoms with van der Waals surface area (Å²) in [6, 6.07) is 11.2. The molecule has 2 saturated heterocycles. The first-order chi connectivity index (χ1) is 13.0. The molecule has 0 saturated carbocycles. The van der Waals surface area contributed by atoms with Gasteiger partial charge >= 0.3 is 0 Å². The number of rotatable bonds is 6. The molecule has 1 N–H and O–H groups in total. The number of halogens is 1. The first kappa shape index (κ1) is 23.8. The van der Waals surface area contributed by atoms with Crippen LogP contribution < -0.4 is 5.32 Å². The molecule has 0 radical (unpaired) electrons. The molecule has 2 atom stereocenters. The Hall–Kier alpha value is -0.510. The fourth-order valence-electron chi connectivity index (χ4n) is 3.70. The van der Waals surface area contributed by atoms with Crippen LogP contribution in [0.25, 0.3) is 0 Å². The topological polar surface area (TPSA) is 40.1 Å². The molecule has 28 heavy (non-hydrogen) atoms. The smallest absolute Gasteiger partial charge is 0.194 e. The summed E-state index contributed by atoms with van der Waals surface area (Å²) in [6.45, 7) is 13.0. The molecule has 7 heteroatoms. The SMILES string of the molecule is CCNC(=NCC(C)(C)SC)N1CC2OCCN(Cc3ccccc3)C2C1.I. The van der Waals surface area contributed by atoms with Crippen LogP contribution in [0, 0.1) is 0 Å². The van der Waals surface area contributed by atoms with Gasteiger partial charge in [-0.05, 0) is 32.6 Å². The lowest BCUT2D eigenvalue weighted by molar-refractivity contribution is -0.0502. The zero-order valence-electron chi connectivity index (χ0n) is 17.6. The molecule has 2 aliphatic rings. The van der Waals surface area contributed by atoms with Crippen molar-refractivity contribution in [1.29, 1.82) is 0 Å². The van der Waals surface area contributed by atoms with Gasteiger partial charge in [0.1, 0.15) is 0 Å². The first-order valence-corrected chi connectivity index (χ1v) is 11.2. The second-order valence-corrected chi connectivity index (χ2v) is 9.49. The number of ether oxygens (including phenoxy) is 1. The Morgan fingerprint density at radius 1 is 1.29 bits per heavy atom. The molecule has 2 unspecified atom stereocenters. The van der Waals surface area contributed by atoms with Crippen molar-refractivity contribution < 1.29 is 4.74 Å². The third-order valence-electron chi connectivity index (χ3n) is 5.44. The Morgan fingerprint density at radius 3 is 2.71 bits per heavy atom. The van der Waals surface area contributed by atoms with Gasteiger partial charge < -0.3 is 15.0 Å². The number of nitrogens with one attached hydrogen (secondary N) is 1. The number of thioether (sulfide) groups is 1. The molecule has 5 nitrogen and oxygen atoms in total. The Labute approximate surface area is 191 Å². The molecule has 0 amide bonds. The normalized spacial score (nSPS) is 23.3. The maximum Gasteiger partial charge on any atom is 0.194 e. The number of morpholine rings is 1. The van der Waals surface area contributed by atoms with Crippen molar-refractivity contribution >= 4 is 41.7 Å². The largest absolute Gasteiger partial charge is 0.373 e. The lowest BCUT2D eigenvalue weighted by Gasteiger charge is -2.36. The third-order valence-corrected chi connectivity index (χ3v) is 6.68. The monoisotopic (exact) mass is 518 g/mol. The summed E-state index contributed by atoms with van der Waals surface area (Å²) < 4.78 is 6.28. The fourth-order valence-corrected chi connectivity index (χ4v) is 3.89. The van der Waals surface area contributed by atoms with Crippen LogP contribution in [0.15, 0.2) is 35.3 Å². The Morgan fingerprint density at radius 2 is 2.04 bits per heavy atom. The Bertz CT molecular complexity index is 628. The van der Waals surface area contributed by atoms with E-state index in [4.69, 9.17) is 9.73 Å². The van der Waals surface area contributed by atoms with E-state index in [1.807, 2.05) is 11.8 Å². The van der Waals surface area contributed by atoms with Crippen LogP contribution in [0.5, 0.6) is 0 Å². The molecule has 0 bridgehead atoms. The van der Waals surface area contributed by atoms with Crippen LogP contribution in [-0.2, 0) is 11.3 Å². The van der Waals surface area contributed by atoms with Gasteiger partial charge in [0.05, 0.1) is 25.3 Å². The number of guanidine groups is 1. The number of fused-ring (bicyclic) bond motifs is 1. The van der Waals surface area contributed by atoms with Crippen molar-refractivity contribution in [2.45, 2.75) is 44.2 Å². The van der Waals surface area contributed by atoms with E-state index in [2.05, 4.69) is 72.5 Å². The zero-order chi connectivity index (χ0) is 19.3. The van der Waals surface area contributed by atoms with Crippen LogP contribution in [0.4, 0.5) is 0 Å². The maximum absolute atomic E-state index is 6.12. The zero-order valence-corrected chi connectivity index (χ0v) is 20.7. The predicted octanol–water partition coefficient (Wildman–Crippen LogP) is 3.30. The van der Waals surface area contributed by atoms with Gasteiger partial charge in [0.2, 0.25) is 0 Å². The second-order valence-electron chi connectivity index (χ2n) is 7.97. The van der Waals surface area contributed by atoms with E-state index in [1.165, 1.54) is 5.56 Å². The van der Waals surface area contributed by atoms with Crippen LogP contribution in [0.2, 0.25) is 0 Å². The lowest BCUT2D eigenvalue weighted by Crippen LogP contribution is -2.50. The van der Waals surface area contributed by atoms with Gasteiger partial charge in [0, 0.05) is 37.5 Å². The number of likely N-dealkylation sites (tertiary alicyclic amines) is 1. The van der Waals surface area contributed by atoms with Gasteiger partial charge in [0.25, 0.3) is 0 Å². The summed E-state index contributed by atoms with van der Waals surface area (Å²) >= 11 is 1.87. The highest BCUT2D eigenvalue weighted by molar-refractivity contribution is 14.0. The molecule has 2 fully saturated rings. The number of hydrogen-bond acceptors (Lipinski definition) is 4. The summed E-state index contributed by atoms with van der Waals surface area (Å²) in [5, 5.41) is 3.49. The highest BCUT2D eigenvalue weighted by Gasteiger charge is 2.41. The maximum atomic E-state index is 6.12. The van der Waals surface area contributed by atoms with Crippen molar-refractivity contribution in [3.05, 3.63) is 35.9 Å². The van der Waals surface area contributed by atoms with Gasteiger partial charge in [-0.1, -0.05) is 30.3 Å². The highest BCUT2D eigenvalue weighted by atomic mass is 127. The average molecular weight is 519 g/mol. The minimum atomic E-state index is 0. The molecule has 0 aromatic heterocycles. The van der Waals surface area contributed by atoms with Crippen LogP contribution in [-0.4, -0.2) is 78.2 Å². The third kappa shape index (κ3) is 6.24. The second kappa shape index (κ2) is 11.0. The molecular weight excluding hydrogens is 483 g/mol. The summed E-state index contributed by atoms with van der Waals surface area (Å²) in [5.74, 6) is 1.03. The number of nitrogens with zero attached hydrogens (tertiary/aromatic N) is 3. The summed E-state index contributed by atoms with van der Waals surface area (Å²) in [6.07, 6.45) is 2.42. The quantitative estimate of drug-likeness (QED) is 0.356.